The smallest absolute Gasteiger partial charge is 0.220 e. The van der Waals surface area contributed by atoms with Gasteiger partial charge in [-0.25, -0.2) is 0 Å². The van der Waals surface area contributed by atoms with E-state index < -0.39 is 0 Å². The summed E-state index contributed by atoms with van der Waals surface area (Å²) in [6, 6.07) is 6.07. The van der Waals surface area contributed by atoms with Crippen molar-refractivity contribution >= 4 is 18.3 Å². The number of hydrogen-bond donors (Lipinski definition) is 2. The van der Waals surface area contributed by atoms with E-state index in [-0.39, 0.29) is 23.7 Å². The lowest BCUT2D eigenvalue weighted by molar-refractivity contribution is -0.124. The molecule has 0 saturated heterocycles. The summed E-state index contributed by atoms with van der Waals surface area (Å²) < 4.78 is 11.2. The van der Waals surface area contributed by atoms with E-state index >= 15 is 0 Å². The van der Waals surface area contributed by atoms with Crippen LogP contribution in [0.5, 0.6) is 5.75 Å². The fraction of sp³-hybridized carbons (Fsp3) is 0.667. The highest BCUT2D eigenvalue weighted by Crippen LogP contribution is 2.38. The minimum Gasteiger partial charge on any atom is -0.491 e. The molecule has 0 heterocycles. The zero-order valence-corrected chi connectivity index (χ0v) is 17.5. The van der Waals surface area contributed by atoms with E-state index in [4.69, 9.17) is 15.2 Å². The second-order valence-electron chi connectivity index (χ2n) is 7.37. The van der Waals surface area contributed by atoms with E-state index in [1.54, 1.807) is 0 Å². The number of nitrogens with one attached hydrogen (secondary N) is 1. The first kappa shape index (κ1) is 23.7. The third-order valence-corrected chi connectivity index (χ3v) is 5.27. The maximum atomic E-state index is 12.5. The van der Waals surface area contributed by atoms with Crippen LogP contribution in [-0.2, 0) is 16.1 Å². The lowest BCUT2D eigenvalue weighted by Crippen LogP contribution is -2.38. The highest BCUT2D eigenvalue weighted by Gasteiger charge is 2.32. The van der Waals surface area contributed by atoms with Gasteiger partial charge in [-0.2, -0.15) is 0 Å². The molecule has 154 valence electrons. The van der Waals surface area contributed by atoms with Crippen molar-refractivity contribution < 1.29 is 14.3 Å². The third-order valence-electron chi connectivity index (χ3n) is 5.27. The number of nitrogens with two attached hydrogens (primary N) is 1. The van der Waals surface area contributed by atoms with Crippen LogP contribution in [0.2, 0.25) is 0 Å². The number of ether oxygens (including phenoxy) is 2. The van der Waals surface area contributed by atoms with Gasteiger partial charge in [0.2, 0.25) is 5.91 Å². The van der Waals surface area contributed by atoms with Gasteiger partial charge < -0.3 is 20.5 Å². The molecule has 1 saturated carbocycles. The topological polar surface area (TPSA) is 73.6 Å². The molecule has 1 aromatic rings. The van der Waals surface area contributed by atoms with Crippen molar-refractivity contribution in [1.82, 2.24) is 5.32 Å². The van der Waals surface area contributed by atoms with Crippen molar-refractivity contribution in [2.45, 2.75) is 58.9 Å². The minimum absolute atomic E-state index is 0. The first-order valence-electron chi connectivity index (χ1n) is 9.85. The van der Waals surface area contributed by atoms with Crippen molar-refractivity contribution in [2.75, 3.05) is 26.4 Å². The molecule has 3 N–H and O–H groups in total. The van der Waals surface area contributed by atoms with Crippen LogP contribution in [0.4, 0.5) is 0 Å². The number of benzene rings is 1. The van der Waals surface area contributed by atoms with Gasteiger partial charge in [0.05, 0.1) is 6.61 Å². The summed E-state index contributed by atoms with van der Waals surface area (Å²) in [5.74, 6) is 0.898. The largest absolute Gasteiger partial charge is 0.491 e. The summed E-state index contributed by atoms with van der Waals surface area (Å²) in [5, 5.41) is 3.06. The molecular weight excluding hydrogens is 364 g/mol. The van der Waals surface area contributed by atoms with Gasteiger partial charge in [-0.3, -0.25) is 4.79 Å². The van der Waals surface area contributed by atoms with Crippen molar-refractivity contribution in [3.63, 3.8) is 0 Å². The second-order valence-corrected chi connectivity index (χ2v) is 7.37. The van der Waals surface area contributed by atoms with Crippen LogP contribution in [0, 0.1) is 12.3 Å². The van der Waals surface area contributed by atoms with Gasteiger partial charge in [0.15, 0.2) is 0 Å². The Balaban J connectivity index is 0.00000364. The second kappa shape index (κ2) is 12.2. The third kappa shape index (κ3) is 7.68. The lowest BCUT2D eigenvalue weighted by Gasteiger charge is -2.35. The average Bonchev–Trinajstić information content (AvgIpc) is 2.65. The Kier molecular flexibility index (Phi) is 10.7. The number of halogens is 1. The van der Waals surface area contributed by atoms with E-state index in [0.29, 0.717) is 39.3 Å². The van der Waals surface area contributed by atoms with Crippen LogP contribution in [0.3, 0.4) is 0 Å². The molecule has 0 aliphatic heterocycles. The molecule has 0 radical (unpaired) electrons. The molecular formula is C21H35ClN2O3. The van der Waals surface area contributed by atoms with E-state index in [2.05, 4.69) is 5.32 Å². The van der Waals surface area contributed by atoms with Gasteiger partial charge in [0, 0.05) is 25.1 Å². The molecule has 1 fully saturated rings. The summed E-state index contributed by atoms with van der Waals surface area (Å²) in [5.41, 5.74) is 8.12. The Morgan fingerprint density at radius 2 is 1.96 bits per heavy atom. The normalized spacial score (nSPS) is 15.7. The number of amides is 1. The molecule has 0 aromatic heterocycles. The van der Waals surface area contributed by atoms with Crippen molar-refractivity contribution in [3.8, 4) is 5.75 Å². The molecule has 2 rings (SSSR count). The molecule has 0 spiro atoms. The van der Waals surface area contributed by atoms with Gasteiger partial charge >= 0.3 is 0 Å². The maximum absolute atomic E-state index is 12.5. The first-order valence-corrected chi connectivity index (χ1v) is 9.85. The van der Waals surface area contributed by atoms with Gasteiger partial charge in [0.1, 0.15) is 12.4 Å². The van der Waals surface area contributed by atoms with E-state index in [1.807, 2.05) is 32.0 Å². The van der Waals surface area contributed by atoms with E-state index in [0.717, 1.165) is 29.7 Å². The molecule has 0 unspecified atom stereocenters. The maximum Gasteiger partial charge on any atom is 0.220 e. The minimum atomic E-state index is -0.00751. The Labute approximate surface area is 169 Å². The number of aryl methyl sites for hydroxylation is 1. The van der Waals surface area contributed by atoms with Crippen LogP contribution in [0.1, 0.15) is 56.6 Å². The highest BCUT2D eigenvalue weighted by molar-refractivity contribution is 5.85. The molecule has 1 aromatic carbocycles. The van der Waals surface area contributed by atoms with E-state index in [1.165, 1.54) is 19.3 Å². The zero-order chi connectivity index (χ0) is 18.8. The predicted octanol–water partition coefficient (Wildman–Crippen LogP) is 3.75. The quantitative estimate of drug-likeness (QED) is 0.588. The molecule has 6 heteroatoms. The standard InChI is InChI=1S/C21H34N2O3.ClH/c1-3-25-11-12-26-19-13-17(2)7-8-18(19)15-23-20(24)14-21(16-22)9-5-4-6-10-21;/h7-8,13H,3-6,9-12,14-16,22H2,1-2H3,(H,23,24);1H. The number of rotatable bonds is 10. The predicted molar refractivity (Wildman–Crippen MR) is 111 cm³/mol. The molecule has 5 nitrogen and oxygen atoms in total. The average molecular weight is 399 g/mol. The van der Waals surface area contributed by atoms with Gasteiger partial charge in [0.25, 0.3) is 0 Å². The molecule has 0 bridgehead atoms. The first-order chi connectivity index (χ1) is 12.6. The Hall–Kier alpha value is -1.30. The van der Waals surface area contributed by atoms with Gasteiger partial charge in [-0.15, -0.1) is 12.4 Å². The Morgan fingerprint density at radius 3 is 2.63 bits per heavy atom. The van der Waals surface area contributed by atoms with Crippen molar-refractivity contribution in [1.29, 1.82) is 0 Å². The molecule has 0 atom stereocenters. The summed E-state index contributed by atoms with van der Waals surface area (Å²) >= 11 is 0. The summed E-state index contributed by atoms with van der Waals surface area (Å²) in [6.07, 6.45) is 6.27. The number of carbonyl (C=O) groups is 1. The fourth-order valence-electron chi connectivity index (χ4n) is 3.65. The van der Waals surface area contributed by atoms with Crippen LogP contribution in [0.25, 0.3) is 0 Å². The summed E-state index contributed by atoms with van der Waals surface area (Å²) in [6.45, 7) is 6.83. The van der Waals surface area contributed by atoms with Crippen molar-refractivity contribution in [2.24, 2.45) is 11.1 Å². The van der Waals surface area contributed by atoms with Crippen LogP contribution < -0.4 is 15.8 Å². The molecule has 1 aliphatic carbocycles. The van der Waals surface area contributed by atoms with Gasteiger partial charge in [-0.1, -0.05) is 31.4 Å². The Bertz CT molecular complexity index is 575. The fourth-order valence-corrected chi connectivity index (χ4v) is 3.65. The van der Waals surface area contributed by atoms with Crippen LogP contribution in [-0.4, -0.2) is 32.3 Å². The summed E-state index contributed by atoms with van der Waals surface area (Å²) in [4.78, 5) is 12.5. The highest BCUT2D eigenvalue weighted by atomic mass is 35.5. The zero-order valence-electron chi connectivity index (χ0n) is 16.7. The summed E-state index contributed by atoms with van der Waals surface area (Å²) in [7, 11) is 0. The van der Waals surface area contributed by atoms with Crippen LogP contribution in [0.15, 0.2) is 18.2 Å². The van der Waals surface area contributed by atoms with Gasteiger partial charge in [-0.05, 0) is 50.3 Å². The Morgan fingerprint density at radius 1 is 1.22 bits per heavy atom. The molecule has 1 aliphatic rings. The van der Waals surface area contributed by atoms with Crippen LogP contribution >= 0.6 is 12.4 Å². The number of carbonyl (C=O) groups excluding carboxylic acids is 1. The molecule has 1 amide bonds. The SMILES string of the molecule is CCOCCOc1cc(C)ccc1CNC(=O)CC1(CN)CCCCC1.Cl. The lowest BCUT2D eigenvalue weighted by atomic mass is 9.71. The van der Waals surface area contributed by atoms with E-state index in [9.17, 15) is 4.79 Å². The molecule has 27 heavy (non-hydrogen) atoms. The number of hydrogen-bond acceptors (Lipinski definition) is 4. The van der Waals surface area contributed by atoms with Crippen molar-refractivity contribution in [3.05, 3.63) is 29.3 Å². The monoisotopic (exact) mass is 398 g/mol.